The van der Waals surface area contributed by atoms with Gasteiger partial charge in [0.15, 0.2) is 5.82 Å². The maximum Gasteiger partial charge on any atom is 0.170 e. The molecule has 1 aromatic heterocycles. The van der Waals surface area contributed by atoms with Gasteiger partial charge in [0.25, 0.3) is 0 Å². The molecule has 0 aliphatic heterocycles. The van der Waals surface area contributed by atoms with E-state index in [1.165, 1.54) is 4.68 Å². The Bertz CT molecular complexity index is 498. The average molecular weight is 240 g/mol. The topological polar surface area (TPSA) is 78.8 Å². The monoisotopic (exact) mass is 239 g/mol. The number of nitrogens with two attached hydrogens (primary N) is 1. The van der Waals surface area contributed by atoms with E-state index in [0.717, 1.165) is 5.69 Å². The van der Waals surface area contributed by atoms with Crippen LogP contribution in [0.4, 0.5) is 0 Å². The molecule has 2 rings (SSSR count). The van der Waals surface area contributed by atoms with Crippen molar-refractivity contribution >= 4 is 11.6 Å². The highest BCUT2D eigenvalue weighted by atomic mass is 35.5. The molecular formula is C9H10ClN5O. The summed E-state index contributed by atoms with van der Waals surface area (Å²) in [7, 11) is 1.56. The second-order valence-corrected chi connectivity index (χ2v) is 3.44. The fourth-order valence-corrected chi connectivity index (χ4v) is 1.57. The summed E-state index contributed by atoms with van der Waals surface area (Å²) in [5.41, 5.74) is 6.25. The molecule has 16 heavy (non-hydrogen) atoms. The molecule has 0 aliphatic rings. The Balaban J connectivity index is 2.45. The molecule has 0 atom stereocenters. The molecule has 0 unspecified atom stereocenters. The minimum absolute atomic E-state index is 0.261. The molecule has 84 valence electrons. The summed E-state index contributed by atoms with van der Waals surface area (Å²) in [4.78, 5) is 0. The number of methoxy groups -OCH3 is 1. The van der Waals surface area contributed by atoms with E-state index in [2.05, 4.69) is 15.5 Å². The van der Waals surface area contributed by atoms with Crippen LogP contribution in [0, 0.1) is 0 Å². The smallest absolute Gasteiger partial charge is 0.170 e. The van der Waals surface area contributed by atoms with Gasteiger partial charge in [-0.15, -0.1) is 5.10 Å². The van der Waals surface area contributed by atoms with Crippen LogP contribution >= 0.6 is 11.6 Å². The highest BCUT2D eigenvalue weighted by Crippen LogP contribution is 2.26. The minimum Gasteiger partial charge on any atom is -0.495 e. The number of rotatable bonds is 3. The van der Waals surface area contributed by atoms with Gasteiger partial charge in [-0.05, 0) is 28.6 Å². The fourth-order valence-electron chi connectivity index (χ4n) is 1.32. The third-order valence-electron chi connectivity index (χ3n) is 2.10. The van der Waals surface area contributed by atoms with Crippen molar-refractivity contribution in [3.8, 4) is 11.4 Å². The summed E-state index contributed by atoms with van der Waals surface area (Å²) in [6.45, 7) is 0.261. The van der Waals surface area contributed by atoms with Gasteiger partial charge in [0.1, 0.15) is 5.75 Å². The maximum absolute atomic E-state index is 6.00. The lowest BCUT2D eigenvalue weighted by atomic mass is 10.3. The molecule has 0 saturated carbocycles. The quantitative estimate of drug-likeness (QED) is 0.857. The van der Waals surface area contributed by atoms with Gasteiger partial charge in [-0.25, -0.2) is 0 Å². The van der Waals surface area contributed by atoms with Crippen molar-refractivity contribution in [1.29, 1.82) is 0 Å². The molecule has 1 aromatic carbocycles. The first-order valence-corrected chi connectivity index (χ1v) is 4.95. The summed E-state index contributed by atoms with van der Waals surface area (Å²) in [5.74, 6) is 1.18. The lowest BCUT2D eigenvalue weighted by Crippen LogP contribution is -2.08. The van der Waals surface area contributed by atoms with Gasteiger partial charge in [0.05, 0.1) is 24.4 Å². The molecule has 2 aromatic rings. The average Bonchev–Trinajstić information content (AvgIpc) is 2.77. The van der Waals surface area contributed by atoms with E-state index in [0.29, 0.717) is 16.6 Å². The normalized spacial score (nSPS) is 10.4. The van der Waals surface area contributed by atoms with Crippen molar-refractivity contribution in [3.63, 3.8) is 0 Å². The summed E-state index contributed by atoms with van der Waals surface area (Å²) < 4.78 is 6.59. The van der Waals surface area contributed by atoms with Crippen molar-refractivity contribution in [3.05, 3.63) is 29.0 Å². The van der Waals surface area contributed by atoms with E-state index in [9.17, 15) is 0 Å². The van der Waals surface area contributed by atoms with E-state index in [4.69, 9.17) is 22.1 Å². The van der Waals surface area contributed by atoms with Gasteiger partial charge in [0.2, 0.25) is 0 Å². The van der Waals surface area contributed by atoms with Crippen LogP contribution in [0.2, 0.25) is 5.02 Å². The summed E-state index contributed by atoms with van der Waals surface area (Å²) in [6.07, 6.45) is 0. The van der Waals surface area contributed by atoms with Crippen molar-refractivity contribution in [2.75, 3.05) is 7.11 Å². The van der Waals surface area contributed by atoms with Crippen molar-refractivity contribution in [2.45, 2.75) is 6.54 Å². The first kappa shape index (κ1) is 10.8. The number of nitrogens with zero attached hydrogens (tertiary/aromatic N) is 4. The van der Waals surface area contributed by atoms with Crippen LogP contribution in [-0.4, -0.2) is 27.3 Å². The molecule has 0 fully saturated rings. The van der Waals surface area contributed by atoms with Crippen LogP contribution in [0.5, 0.6) is 5.75 Å². The zero-order valence-electron chi connectivity index (χ0n) is 8.59. The minimum atomic E-state index is 0.261. The van der Waals surface area contributed by atoms with Crippen molar-refractivity contribution < 1.29 is 4.74 Å². The Hall–Kier alpha value is -1.66. The second kappa shape index (κ2) is 4.46. The molecule has 0 saturated heterocycles. The molecule has 0 bridgehead atoms. The number of aromatic nitrogens is 4. The molecule has 0 amide bonds. The molecular weight excluding hydrogens is 230 g/mol. The lowest BCUT2D eigenvalue weighted by Gasteiger charge is -2.06. The van der Waals surface area contributed by atoms with Gasteiger partial charge in [0, 0.05) is 0 Å². The van der Waals surface area contributed by atoms with E-state index in [-0.39, 0.29) is 6.54 Å². The lowest BCUT2D eigenvalue weighted by molar-refractivity contribution is 0.415. The van der Waals surface area contributed by atoms with Crippen LogP contribution in [0.1, 0.15) is 5.82 Å². The molecule has 7 heteroatoms. The molecule has 0 aliphatic carbocycles. The first-order chi connectivity index (χ1) is 7.76. The summed E-state index contributed by atoms with van der Waals surface area (Å²) >= 11 is 6.00. The van der Waals surface area contributed by atoms with Gasteiger partial charge in [-0.1, -0.05) is 11.6 Å². The molecule has 1 heterocycles. The van der Waals surface area contributed by atoms with Crippen LogP contribution < -0.4 is 10.5 Å². The predicted octanol–water partition coefficient (Wildman–Crippen LogP) is 0.783. The number of hydrogen-bond acceptors (Lipinski definition) is 5. The third-order valence-corrected chi connectivity index (χ3v) is 2.39. The third kappa shape index (κ3) is 1.84. The SMILES string of the molecule is COc1ccc(-n2nnnc2CN)cc1Cl. The standard InChI is InChI=1S/C9H10ClN5O/c1-16-8-3-2-6(4-7(8)10)15-9(5-11)12-13-14-15/h2-4H,5,11H2,1H3. The number of benzene rings is 1. The predicted molar refractivity (Wildman–Crippen MR) is 58.6 cm³/mol. The summed E-state index contributed by atoms with van der Waals surface area (Å²) in [6, 6.07) is 5.27. The Kier molecular flexibility index (Phi) is 3.02. The Morgan fingerprint density at radius 2 is 2.31 bits per heavy atom. The van der Waals surface area contributed by atoms with Gasteiger partial charge in [-0.3, -0.25) is 0 Å². The van der Waals surface area contributed by atoms with Crippen LogP contribution in [0.15, 0.2) is 18.2 Å². The van der Waals surface area contributed by atoms with Crippen LogP contribution in [0.3, 0.4) is 0 Å². The summed E-state index contributed by atoms with van der Waals surface area (Å²) in [5, 5.41) is 11.7. The molecule has 2 N–H and O–H groups in total. The van der Waals surface area contributed by atoms with Crippen molar-refractivity contribution in [2.24, 2.45) is 5.73 Å². The van der Waals surface area contributed by atoms with E-state index in [1.54, 1.807) is 25.3 Å². The second-order valence-electron chi connectivity index (χ2n) is 3.03. The van der Waals surface area contributed by atoms with E-state index >= 15 is 0 Å². The fraction of sp³-hybridized carbons (Fsp3) is 0.222. The number of hydrogen-bond donors (Lipinski definition) is 1. The van der Waals surface area contributed by atoms with Gasteiger partial charge >= 0.3 is 0 Å². The highest BCUT2D eigenvalue weighted by Gasteiger charge is 2.08. The Labute approximate surface area is 97.0 Å². The first-order valence-electron chi connectivity index (χ1n) is 4.57. The zero-order valence-corrected chi connectivity index (χ0v) is 9.35. The van der Waals surface area contributed by atoms with E-state index < -0.39 is 0 Å². The van der Waals surface area contributed by atoms with Gasteiger partial charge in [-0.2, -0.15) is 4.68 Å². The Morgan fingerprint density at radius 3 is 2.94 bits per heavy atom. The zero-order chi connectivity index (χ0) is 11.5. The number of halogens is 1. The van der Waals surface area contributed by atoms with Crippen molar-refractivity contribution in [1.82, 2.24) is 20.2 Å². The van der Waals surface area contributed by atoms with Gasteiger partial charge < -0.3 is 10.5 Å². The number of tetrazole rings is 1. The van der Waals surface area contributed by atoms with Crippen LogP contribution in [-0.2, 0) is 6.54 Å². The molecule has 0 radical (unpaired) electrons. The molecule has 6 nitrogen and oxygen atoms in total. The van der Waals surface area contributed by atoms with E-state index in [1.807, 2.05) is 0 Å². The highest BCUT2D eigenvalue weighted by molar-refractivity contribution is 6.32. The molecule has 0 spiro atoms. The Morgan fingerprint density at radius 1 is 1.50 bits per heavy atom. The van der Waals surface area contributed by atoms with Crippen LogP contribution in [0.25, 0.3) is 5.69 Å². The largest absolute Gasteiger partial charge is 0.495 e. The maximum atomic E-state index is 6.00. The number of ether oxygens (including phenoxy) is 1.